The van der Waals surface area contributed by atoms with Gasteiger partial charge in [0.2, 0.25) is 5.91 Å². The molecular formula is C13H27ClN2O3S. The van der Waals surface area contributed by atoms with Crippen molar-refractivity contribution in [3.63, 3.8) is 0 Å². The molecule has 7 heteroatoms. The van der Waals surface area contributed by atoms with Gasteiger partial charge >= 0.3 is 0 Å². The molecule has 0 spiro atoms. The number of nitrogens with one attached hydrogen (secondary N) is 1. The van der Waals surface area contributed by atoms with Crippen LogP contribution in [0, 0.1) is 11.8 Å². The smallest absolute Gasteiger partial charge is 0.236 e. The van der Waals surface area contributed by atoms with Gasteiger partial charge in [0.15, 0.2) is 0 Å². The minimum atomic E-state index is -3.06. The number of carbonyl (C=O) groups is 1. The highest BCUT2D eigenvalue weighted by molar-refractivity contribution is 7.90. The van der Waals surface area contributed by atoms with Gasteiger partial charge in [-0.3, -0.25) is 4.79 Å². The standard InChI is InChI=1S/C13H26N2O3S.ClH/c1-10-4-3-5-11(8-10)9-15-13(16)12(14)6-7-19(2,17)18;/h10-12H,3-9,14H2,1-2H3,(H,15,16);1H. The van der Waals surface area contributed by atoms with Crippen LogP contribution in [0.3, 0.4) is 0 Å². The second-order valence-electron chi connectivity index (χ2n) is 5.91. The summed E-state index contributed by atoms with van der Waals surface area (Å²) in [5.41, 5.74) is 5.69. The topological polar surface area (TPSA) is 89.3 Å². The molecule has 1 saturated carbocycles. The van der Waals surface area contributed by atoms with Crippen LogP contribution in [0.25, 0.3) is 0 Å². The predicted molar refractivity (Wildman–Crippen MR) is 83.7 cm³/mol. The van der Waals surface area contributed by atoms with E-state index in [9.17, 15) is 13.2 Å². The number of rotatable bonds is 6. The van der Waals surface area contributed by atoms with Gasteiger partial charge in [0.05, 0.1) is 11.8 Å². The minimum Gasteiger partial charge on any atom is -0.354 e. The Morgan fingerprint density at radius 1 is 1.40 bits per heavy atom. The lowest BCUT2D eigenvalue weighted by Crippen LogP contribution is -2.43. The molecule has 0 aliphatic heterocycles. The number of sulfone groups is 1. The number of hydrogen-bond acceptors (Lipinski definition) is 4. The third-order valence-corrected chi connectivity index (χ3v) is 4.72. The van der Waals surface area contributed by atoms with Gasteiger partial charge in [0, 0.05) is 12.8 Å². The number of halogens is 1. The molecule has 1 rings (SSSR count). The van der Waals surface area contributed by atoms with Crippen molar-refractivity contribution >= 4 is 28.2 Å². The van der Waals surface area contributed by atoms with Gasteiger partial charge in [-0.1, -0.05) is 19.8 Å². The molecular weight excluding hydrogens is 300 g/mol. The molecule has 120 valence electrons. The fourth-order valence-corrected chi connectivity index (χ4v) is 3.28. The SMILES string of the molecule is CC1CCCC(CNC(=O)C(N)CCS(C)(=O)=O)C1.Cl. The molecule has 0 saturated heterocycles. The Morgan fingerprint density at radius 3 is 2.60 bits per heavy atom. The third kappa shape index (κ3) is 8.07. The van der Waals surface area contributed by atoms with Crippen molar-refractivity contribution in [1.29, 1.82) is 0 Å². The number of nitrogens with two attached hydrogens (primary N) is 1. The quantitative estimate of drug-likeness (QED) is 0.765. The lowest BCUT2D eigenvalue weighted by atomic mass is 9.82. The maximum atomic E-state index is 11.8. The maximum Gasteiger partial charge on any atom is 0.236 e. The van der Waals surface area contributed by atoms with Crippen molar-refractivity contribution in [2.75, 3.05) is 18.6 Å². The van der Waals surface area contributed by atoms with E-state index in [2.05, 4.69) is 12.2 Å². The molecule has 1 aliphatic carbocycles. The van der Waals surface area contributed by atoms with Crippen LogP contribution in [0.15, 0.2) is 0 Å². The Morgan fingerprint density at radius 2 is 2.05 bits per heavy atom. The van der Waals surface area contributed by atoms with Gasteiger partial charge in [-0.2, -0.15) is 0 Å². The normalized spacial score (nSPS) is 24.6. The largest absolute Gasteiger partial charge is 0.354 e. The average Bonchev–Trinajstić information content (AvgIpc) is 2.32. The summed E-state index contributed by atoms with van der Waals surface area (Å²) in [5, 5.41) is 2.85. The molecule has 0 radical (unpaired) electrons. The molecule has 5 nitrogen and oxygen atoms in total. The molecule has 1 aliphatic rings. The van der Waals surface area contributed by atoms with E-state index >= 15 is 0 Å². The van der Waals surface area contributed by atoms with Crippen LogP contribution in [-0.2, 0) is 14.6 Å². The van der Waals surface area contributed by atoms with Gasteiger partial charge in [0.25, 0.3) is 0 Å². The molecule has 3 N–H and O–H groups in total. The first kappa shape index (κ1) is 19.7. The second-order valence-corrected chi connectivity index (χ2v) is 8.17. The van der Waals surface area contributed by atoms with Gasteiger partial charge < -0.3 is 11.1 Å². The van der Waals surface area contributed by atoms with E-state index in [0.29, 0.717) is 12.5 Å². The van der Waals surface area contributed by atoms with Crippen LogP contribution in [0.1, 0.15) is 39.0 Å². The Bertz CT molecular complexity index is 400. The molecule has 0 aromatic rings. The van der Waals surface area contributed by atoms with Gasteiger partial charge in [-0.05, 0) is 31.1 Å². The molecule has 3 unspecified atom stereocenters. The van der Waals surface area contributed by atoms with Crippen molar-refractivity contribution in [1.82, 2.24) is 5.32 Å². The summed E-state index contributed by atoms with van der Waals surface area (Å²) in [7, 11) is -3.06. The zero-order valence-electron chi connectivity index (χ0n) is 12.3. The lowest BCUT2D eigenvalue weighted by Gasteiger charge is -2.27. The van der Waals surface area contributed by atoms with Gasteiger partial charge in [-0.25, -0.2) is 8.42 Å². The third-order valence-electron chi connectivity index (χ3n) is 3.75. The van der Waals surface area contributed by atoms with E-state index in [1.165, 1.54) is 12.8 Å². The van der Waals surface area contributed by atoms with E-state index in [1.807, 2.05) is 0 Å². The van der Waals surface area contributed by atoms with Crippen molar-refractivity contribution in [3.8, 4) is 0 Å². The predicted octanol–water partition coefficient (Wildman–Crippen LogP) is 1.11. The number of amides is 1. The highest BCUT2D eigenvalue weighted by Crippen LogP contribution is 2.27. The summed E-state index contributed by atoms with van der Waals surface area (Å²) in [6.07, 6.45) is 6.15. The van der Waals surface area contributed by atoms with Crippen LogP contribution in [0.2, 0.25) is 0 Å². The number of hydrogen-bond donors (Lipinski definition) is 2. The highest BCUT2D eigenvalue weighted by atomic mass is 35.5. The molecule has 0 heterocycles. The second kappa shape index (κ2) is 8.85. The molecule has 0 aromatic heterocycles. The summed E-state index contributed by atoms with van der Waals surface area (Å²) in [6, 6.07) is -0.726. The summed E-state index contributed by atoms with van der Waals surface area (Å²) in [4.78, 5) is 11.8. The molecule has 1 fully saturated rings. The Labute approximate surface area is 128 Å². The molecule has 1 amide bonds. The molecule has 3 atom stereocenters. The van der Waals surface area contributed by atoms with Crippen molar-refractivity contribution in [2.45, 2.75) is 45.1 Å². The lowest BCUT2D eigenvalue weighted by molar-refractivity contribution is -0.122. The van der Waals surface area contributed by atoms with Gasteiger partial charge in [0.1, 0.15) is 9.84 Å². The van der Waals surface area contributed by atoms with Crippen molar-refractivity contribution in [3.05, 3.63) is 0 Å². The molecule has 0 aromatic carbocycles. The summed E-state index contributed by atoms with van der Waals surface area (Å²) in [6.45, 7) is 2.90. The Hall–Kier alpha value is -0.330. The Kier molecular flexibility index (Phi) is 8.70. The summed E-state index contributed by atoms with van der Waals surface area (Å²) >= 11 is 0. The minimum absolute atomic E-state index is 0. The van der Waals surface area contributed by atoms with Crippen LogP contribution < -0.4 is 11.1 Å². The van der Waals surface area contributed by atoms with E-state index in [-0.39, 0.29) is 30.5 Å². The van der Waals surface area contributed by atoms with Crippen LogP contribution in [0.4, 0.5) is 0 Å². The first-order valence-electron chi connectivity index (χ1n) is 6.99. The summed E-state index contributed by atoms with van der Waals surface area (Å²) < 4.78 is 22.0. The van der Waals surface area contributed by atoms with Crippen molar-refractivity contribution < 1.29 is 13.2 Å². The highest BCUT2D eigenvalue weighted by Gasteiger charge is 2.21. The zero-order valence-corrected chi connectivity index (χ0v) is 13.9. The monoisotopic (exact) mass is 326 g/mol. The first-order valence-corrected chi connectivity index (χ1v) is 9.05. The maximum absolute atomic E-state index is 11.8. The van der Waals surface area contributed by atoms with Gasteiger partial charge in [-0.15, -0.1) is 12.4 Å². The fraction of sp³-hybridized carbons (Fsp3) is 0.923. The van der Waals surface area contributed by atoms with E-state index < -0.39 is 15.9 Å². The fourth-order valence-electron chi connectivity index (χ4n) is 2.59. The summed E-state index contributed by atoms with van der Waals surface area (Å²) in [5.74, 6) is 0.994. The number of carbonyl (C=O) groups excluding carboxylic acids is 1. The first-order chi connectivity index (χ1) is 8.78. The zero-order chi connectivity index (χ0) is 14.5. The van der Waals surface area contributed by atoms with E-state index in [4.69, 9.17) is 5.73 Å². The van der Waals surface area contributed by atoms with Crippen LogP contribution in [0.5, 0.6) is 0 Å². The van der Waals surface area contributed by atoms with E-state index in [1.54, 1.807) is 0 Å². The average molecular weight is 327 g/mol. The van der Waals surface area contributed by atoms with Crippen LogP contribution in [-0.4, -0.2) is 38.9 Å². The van der Waals surface area contributed by atoms with Crippen LogP contribution >= 0.6 is 12.4 Å². The van der Waals surface area contributed by atoms with E-state index in [0.717, 1.165) is 25.0 Å². The molecule has 0 bridgehead atoms. The Balaban J connectivity index is 0.00000361. The molecule has 20 heavy (non-hydrogen) atoms. The van der Waals surface area contributed by atoms with Crippen molar-refractivity contribution in [2.24, 2.45) is 17.6 Å².